The number of carbonyl (C=O) groups is 1. The highest BCUT2D eigenvalue weighted by Gasteiger charge is 2.03. The molecule has 1 aromatic heterocycles. The van der Waals surface area contributed by atoms with E-state index in [1.165, 1.54) is 18.5 Å². The third-order valence-corrected chi connectivity index (χ3v) is 2.39. The number of carbonyl (C=O) groups excluding carboxylic acids is 1. The standard InChI is InChI=1S/C14H13NO3/c1-10-4-5-11(13(17)9-10)15-7-6-12(16)14-3-2-8-18-14/h2-9,15,17H,1H3. The minimum absolute atomic E-state index is 0.144. The predicted molar refractivity (Wildman–Crippen MR) is 68.6 cm³/mol. The highest BCUT2D eigenvalue weighted by atomic mass is 16.3. The summed E-state index contributed by atoms with van der Waals surface area (Å²) >= 11 is 0. The fourth-order valence-electron chi connectivity index (χ4n) is 1.47. The summed E-state index contributed by atoms with van der Waals surface area (Å²) in [6, 6.07) is 8.50. The Morgan fingerprint density at radius 3 is 2.89 bits per heavy atom. The van der Waals surface area contributed by atoms with E-state index in [9.17, 15) is 9.90 Å². The fourth-order valence-corrected chi connectivity index (χ4v) is 1.47. The van der Waals surface area contributed by atoms with E-state index >= 15 is 0 Å². The molecule has 2 rings (SSSR count). The first-order valence-corrected chi connectivity index (χ1v) is 5.47. The van der Waals surface area contributed by atoms with E-state index in [-0.39, 0.29) is 17.3 Å². The monoisotopic (exact) mass is 243 g/mol. The Bertz CT molecular complexity index is 571. The Morgan fingerprint density at radius 2 is 2.22 bits per heavy atom. The molecule has 0 saturated heterocycles. The smallest absolute Gasteiger partial charge is 0.222 e. The van der Waals surface area contributed by atoms with Crippen molar-refractivity contribution < 1.29 is 14.3 Å². The minimum atomic E-state index is -0.237. The molecule has 0 saturated carbocycles. The van der Waals surface area contributed by atoms with Gasteiger partial charge in [0, 0.05) is 12.3 Å². The summed E-state index contributed by atoms with van der Waals surface area (Å²) in [6.45, 7) is 1.89. The van der Waals surface area contributed by atoms with Gasteiger partial charge in [-0.1, -0.05) is 6.07 Å². The van der Waals surface area contributed by atoms with Crippen molar-refractivity contribution in [3.05, 3.63) is 60.2 Å². The maximum atomic E-state index is 11.6. The number of ketones is 1. The lowest BCUT2D eigenvalue weighted by Gasteiger charge is -2.04. The van der Waals surface area contributed by atoms with Gasteiger partial charge in [-0.05, 0) is 36.8 Å². The summed E-state index contributed by atoms with van der Waals surface area (Å²) in [5, 5.41) is 12.5. The van der Waals surface area contributed by atoms with E-state index in [1.54, 1.807) is 24.3 Å². The lowest BCUT2D eigenvalue weighted by Crippen LogP contribution is -1.94. The lowest BCUT2D eigenvalue weighted by molar-refractivity contribution is 0.102. The Kier molecular flexibility index (Phi) is 3.48. The Balaban J connectivity index is 2.01. The molecule has 1 heterocycles. The molecule has 0 amide bonds. The van der Waals surface area contributed by atoms with Gasteiger partial charge in [0.25, 0.3) is 0 Å². The van der Waals surface area contributed by atoms with E-state index in [2.05, 4.69) is 5.32 Å². The molecule has 4 nitrogen and oxygen atoms in total. The van der Waals surface area contributed by atoms with Gasteiger partial charge in [-0.15, -0.1) is 0 Å². The van der Waals surface area contributed by atoms with Crippen molar-refractivity contribution in [2.24, 2.45) is 0 Å². The molecule has 0 spiro atoms. The van der Waals surface area contributed by atoms with Crippen molar-refractivity contribution in [1.29, 1.82) is 0 Å². The van der Waals surface area contributed by atoms with Crippen LogP contribution < -0.4 is 5.32 Å². The van der Waals surface area contributed by atoms with Crippen LogP contribution in [0.25, 0.3) is 0 Å². The van der Waals surface area contributed by atoms with Gasteiger partial charge in [0.15, 0.2) is 5.76 Å². The quantitative estimate of drug-likeness (QED) is 0.492. The first-order valence-electron chi connectivity index (χ1n) is 5.47. The van der Waals surface area contributed by atoms with Crippen LogP contribution in [-0.4, -0.2) is 10.9 Å². The van der Waals surface area contributed by atoms with Gasteiger partial charge in [-0.3, -0.25) is 4.79 Å². The average Bonchev–Trinajstić information content (AvgIpc) is 2.85. The van der Waals surface area contributed by atoms with Crippen LogP contribution in [0.1, 0.15) is 16.1 Å². The van der Waals surface area contributed by atoms with Gasteiger partial charge in [0.05, 0.1) is 12.0 Å². The molecule has 2 aromatic rings. The number of allylic oxidation sites excluding steroid dienone is 1. The van der Waals surface area contributed by atoms with Gasteiger partial charge >= 0.3 is 0 Å². The molecule has 4 heteroatoms. The molecule has 0 aliphatic rings. The van der Waals surface area contributed by atoms with E-state index in [4.69, 9.17) is 4.42 Å². The maximum Gasteiger partial charge on any atom is 0.222 e. The second-order valence-electron chi connectivity index (χ2n) is 3.84. The molecule has 0 aliphatic carbocycles. The molecule has 0 bridgehead atoms. The Morgan fingerprint density at radius 1 is 1.39 bits per heavy atom. The van der Waals surface area contributed by atoms with Gasteiger partial charge < -0.3 is 14.8 Å². The molecule has 18 heavy (non-hydrogen) atoms. The third-order valence-electron chi connectivity index (χ3n) is 2.39. The maximum absolute atomic E-state index is 11.6. The highest BCUT2D eigenvalue weighted by Crippen LogP contribution is 2.23. The first-order chi connectivity index (χ1) is 8.66. The van der Waals surface area contributed by atoms with E-state index in [0.717, 1.165) is 5.56 Å². The number of phenols is 1. The number of benzene rings is 1. The van der Waals surface area contributed by atoms with Gasteiger partial charge in [0.2, 0.25) is 5.78 Å². The zero-order valence-electron chi connectivity index (χ0n) is 9.88. The molecule has 0 radical (unpaired) electrons. The zero-order chi connectivity index (χ0) is 13.0. The van der Waals surface area contributed by atoms with Crippen LogP contribution in [0.3, 0.4) is 0 Å². The first kappa shape index (κ1) is 12.0. The molecule has 0 fully saturated rings. The van der Waals surface area contributed by atoms with Gasteiger partial charge in [-0.25, -0.2) is 0 Å². The molecule has 0 atom stereocenters. The van der Waals surface area contributed by atoms with Crippen molar-refractivity contribution in [2.45, 2.75) is 6.92 Å². The Labute approximate surface area is 105 Å². The number of aryl methyl sites for hydroxylation is 1. The Hall–Kier alpha value is -2.49. The second-order valence-corrected chi connectivity index (χ2v) is 3.84. The summed E-state index contributed by atoms with van der Waals surface area (Å²) in [7, 11) is 0. The summed E-state index contributed by atoms with van der Waals surface area (Å²) < 4.78 is 4.96. The van der Waals surface area contributed by atoms with Crippen LogP contribution in [0.5, 0.6) is 5.75 Å². The number of furan rings is 1. The largest absolute Gasteiger partial charge is 0.506 e. The number of nitrogens with one attached hydrogen (secondary N) is 1. The molecule has 1 aromatic carbocycles. The van der Waals surface area contributed by atoms with Crippen molar-refractivity contribution >= 4 is 11.5 Å². The number of rotatable bonds is 4. The summed E-state index contributed by atoms with van der Waals surface area (Å²) in [4.78, 5) is 11.6. The molecule has 0 aliphatic heterocycles. The minimum Gasteiger partial charge on any atom is -0.506 e. The van der Waals surface area contributed by atoms with Crippen LogP contribution in [0, 0.1) is 6.92 Å². The normalized spacial score (nSPS) is 10.7. The SMILES string of the molecule is Cc1ccc(NC=CC(=O)c2ccco2)c(O)c1. The molecule has 2 N–H and O–H groups in total. The zero-order valence-corrected chi connectivity index (χ0v) is 9.88. The highest BCUT2D eigenvalue weighted by molar-refractivity contribution is 6.02. The molecule has 0 unspecified atom stereocenters. The topological polar surface area (TPSA) is 62.5 Å². The fraction of sp³-hybridized carbons (Fsp3) is 0.0714. The summed E-state index contributed by atoms with van der Waals surface area (Å²) in [5.41, 5.74) is 1.51. The second kappa shape index (κ2) is 5.23. The molecular weight excluding hydrogens is 230 g/mol. The van der Waals surface area contributed by atoms with Crippen LogP contribution in [0.4, 0.5) is 5.69 Å². The van der Waals surface area contributed by atoms with E-state index in [1.807, 2.05) is 13.0 Å². The van der Waals surface area contributed by atoms with Crippen molar-refractivity contribution in [1.82, 2.24) is 0 Å². The van der Waals surface area contributed by atoms with Gasteiger partial charge in [-0.2, -0.15) is 0 Å². The number of aromatic hydroxyl groups is 1. The van der Waals surface area contributed by atoms with Crippen molar-refractivity contribution in [2.75, 3.05) is 5.32 Å². The summed E-state index contributed by atoms with van der Waals surface area (Å²) in [6.07, 6.45) is 4.26. The summed E-state index contributed by atoms with van der Waals surface area (Å²) in [5.74, 6) is 0.186. The van der Waals surface area contributed by atoms with Crippen LogP contribution in [0.2, 0.25) is 0 Å². The molecule has 92 valence electrons. The van der Waals surface area contributed by atoms with Gasteiger partial charge in [0.1, 0.15) is 5.75 Å². The van der Waals surface area contributed by atoms with E-state index < -0.39 is 0 Å². The lowest BCUT2D eigenvalue weighted by atomic mass is 10.2. The number of hydrogen-bond donors (Lipinski definition) is 2. The van der Waals surface area contributed by atoms with Crippen LogP contribution in [-0.2, 0) is 0 Å². The number of anilines is 1. The number of hydrogen-bond acceptors (Lipinski definition) is 4. The third kappa shape index (κ3) is 2.79. The predicted octanol–water partition coefficient (Wildman–Crippen LogP) is 3.10. The van der Waals surface area contributed by atoms with Crippen molar-refractivity contribution in [3.8, 4) is 5.75 Å². The van der Waals surface area contributed by atoms with E-state index in [0.29, 0.717) is 5.69 Å². The average molecular weight is 243 g/mol. The van der Waals surface area contributed by atoms with Crippen molar-refractivity contribution in [3.63, 3.8) is 0 Å². The molecular formula is C14H13NO3. The van der Waals surface area contributed by atoms with Crippen LogP contribution >= 0.6 is 0 Å². The number of phenolic OH excluding ortho intramolecular Hbond substituents is 1. The van der Waals surface area contributed by atoms with Crippen LogP contribution in [0.15, 0.2) is 53.3 Å².